The van der Waals surface area contributed by atoms with Gasteiger partial charge in [0.25, 0.3) is 5.70 Å². The second-order valence-electron chi connectivity index (χ2n) is 13.5. The van der Waals surface area contributed by atoms with E-state index in [1.54, 1.807) is 6.07 Å². The molecule has 0 unspecified atom stereocenters. The first-order valence-electron chi connectivity index (χ1n) is 17.5. The Morgan fingerprint density at radius 2 is 1.00 bits per heavy atom. The number of para-hydroxylation sites is 2. The molecule has 7 rings (SSSR count). The molecule has 1 aliphatic carbocycles. The molecule has 6 aromatic carbocycles. The monoisotopic (exact) mass is 718 g/mol. The third kappa shape index (κ3) is 6.96. The Morgan fingerprint density at radius 1 is 0.600 bits per heavy atom. The average molecular weight is 719 g/mol. The zero-order valence-electron chi connectivity index (χ0n) is 30.0. The Bertz CT molecular complexity index is 2400. The fourth-order valence-electron chi connectivity index (χ4n) is 7.09. The van der Waals surface area contributed by atoms with Crippen molar-refractivity contribution < 1.29 is 19.8 Å². The normalized spacial score (nSPS) is 12.8. The molecule has 0 saturated heterocycles. The van der Waals surface area contributed by atoms with Crippen LogP contribution in [0.5, 0.6) is 0 Å². The molecule has 1 aliphatic rings. The minimum Gasteiger partial charge on any atom is -0.486 e. The summed E-state index contributed by atoms with van der Waals surface area (Å²) in [6.45, 7) is 11.7. The molecule has 55 heavy (non-hydrogen) atoms. The summed E-state index contributed by atoms with van der Waals surface area (Å²) in [5.74, 6) is -2.53. The Labute approximate surface area is 319 Å². The molecule has 0 atom stereocenters. The van der Waals surface area contributed by atoms with Gasteiger partial charge >= 0.3 is 11.9 Å². The lowest BCUT2D eigenvalue weighted by Gasteiger charge is -2.29. The standard InChI is InChI=1S/C47H34N4O4/c1-47(2)42-28-38(50(34-10-6-4-7-11-34)36-18-14-31(15-19-36)26-33(30-48)45(52)53)22-24-40(42)41-25-23-39(29-43(41)47)51(35-12-8-5-9-13-35)37-20-16-32(17-21-37)27-44(49-3)46(54)55/h4-29H,1-2H3,(H,52,53)(H,54,55)/b33-26?,44-27-. The van der Waals surface area contributed by atoms with E-state index in [4.69, 9.17) is 6.57 Å². The van der Waals surface area contributed by atoms with Gasteiger partial charge in [-0.25, -0.2) is 9.64 Å². The summed E-state index contributed by atoms with van der Waals surface area (Å²) < 4.78 is 0. The van der Waals surface area contributed by atoms with Gasteiger partial charge in [-0.3, -0.25) is 4.79 Å². The zero-order valence-corrected chi connectivity index (χ0v) is 30.0. The van der Waals surface area contributed by atoms with E-state index in [1.807, 2.05) is 109 Å². The van der Waals surface area contributed by atoms with Gasteiger partial charge in [0.2, 0.25) is 0 Å². The van der Waals surface area contributed by atoms with E-state index in [-0.39, 0.29) is 16.7 Å². The fraction of sp³-hybridized carbons (Fsp3) is 0.0638. The van der Waals surface area contributed by atoms with E-state index in [9.17, 15) is 25.1 Å². The van der Waals surface area contributed by atoms with Crippen LogP contribution < -0.4 is 9.80 Å². The highest BCUT2D eigenvalue weighted by molar-refractivity contribution is 5.97. The van der Waals surface area contributed by atoms with Crippen molar-refractivity contribution in [1.29, 1.82) is 5.26 Å². The second kappa shape index (κ2) is 14.7. The van der Waals surface area contributed by atoms with Crippen LogP contribution >= 0.6 is 0 Å². The first-order valence-corrected chi connectivity index (χ1v) is 17.5. The van der Waals surface area contributed by atoms with Crippen LogP contribution in [0.4, 0.5) is 34.1 Å². The predicted octanol–water partition coefficient (Wildman–Crippen LogP) is 11.3. The first kappa shape index (κ1) is 35.7. The Balaban J connectivity index is 1.28. The maximum Gasteiger partial charge on any atom is 0.346 e. The number of rotatable bonds is 10. The van der Waals surface area contributed by atoms with Crippen molar-refractivity contribution in [2.45, 2.75) is 19.3 Å². The van der Waals surface area contributed by atoms with Gasteiger partial charge < -0.3 is 20.0 Å². The number of carboxylic acids is 2. The van der Waals surface area contributed by atoms with E-state index < -0.39 is 11.9 Å². The van der Waals surface area contributed by atoms with Gasteiger partial charge in [0.05, 0.1) is 6.57 Å². The topological polar surface area (TPSA) is 109 Å². The summed E-state index contributed by atoms with van der Waals surface area (Å²) >= 11 is 0. The van der Waals surface area contributed by atoms with E-state index in [0.717, 1.165) is 45.3 Å². The number of hydrogen-bond acceptors (Lipinski definition) is 5. The highest BCUT2D eigenvalue weighted by Gasteiger charge is 2.37. The summed E-state index contributed by atoms with van der Waals surface area (Å²) in [6, 6.07) is 49.8. The molecule has 0 bridgehead atoms. The number of nitriles is 1. The number of carboxylic acid groups (broad SMARTS) is 2. The summed E-state index contributed by atoms with van der Waals surface area (Å²) in [4.78, 5) is 30.3. The summed E-state index contributed by atoms with van der Waals surface area (Å²) in [5, 5.41) is 27.9. The van der Waals surface area contributed by atoms with Crippen molar-refractivity contribution >= 4 is 58.2 Å². The minimum absolute atomic E-state index is 0.331. The van der Waals surface area contributed by atoms with Crippen molar-refractivity contribution in [3.8, 4) is 17.2 Å². The largest absolute Gasteiger partial charge is 0.486 e. The van der Waals surface area contributed by atoms with E-state index in [0.29, 0.717) is 11.1 Å². The van der Waals surface area contributed by atoms with Gasteiger partial charge in [-0.2, -0.15) is 5.26 Å². The van der Waals surface area contributed by atoms with Crippen LogP contribution in [0, 0.1) is 17.9 Å². The lowest BCUT2D eigenvalue weighted by molar-refractivity contribution is -0.133. The average Bonchev–Trinajstić information content (AvgIpc) is 3.42. The molecule has 6 aromatic rings. The van der Waals surface area contributed by atoms with Crippen molar-refractivity contribution in [3.05, 3.63) is 191 Å². The molecule has 0 amide bonds. The Kier molecular flexibility index (Phi) is 9.58. The van der Waals surface area contributed by atoms with Gasteiger partial charge in [0, 0.05) is 39.5 Å². The number of nitrogens with zero attached hydrogens (tertiary/aromatic N) is 4. The van der Waals surface area contributed by atoms with Crippen LogP contribution in [-0.4, -0.2) is 22.2 Å². The number of fused-ring (bicyclic) bond motifs is 3. The molecule has 8 heteroatoms. The molecular formula is C47H34N4O4. The SMILES string of the molecule is [C-]#[N+]/C(=C\c1ccc(N(c2ccccc2)c2ccc3c(c2)C(C)(C)c2cc(N(c4ccccc4)c4ccc(C=C(C#N)C(=O)O)cc4)ccc2-3)cc1)C(=O)O. The van der Waals surface area contributed by atoms with E-state index >= 15 is 0 Å². The van der Waals surface area contributed by atoms with Crippen LogP contribution in [0.15, 0.2) is 157 Å². The van der Waals surface area contributed by atoms with Crippen LogP contribution in [0.3, 0.4) is 0 Å². The number of benzene rings is 6. The Morgan fingerprint density at radius 3 is 1.38 bits per heavy atom. The lowest BCUT2D eigenvalue weighted by Crippen LogP contribution is -2.17. The number of carbonyl (C=O) groups is 2. The third-order valence-electron chi connectivity index (χ3n) is 9.80. The summed E-state index contributed by atoms with van der Waals surface area (Å²) in [7, 11) is 0. The van der Waals surface area contributed by atoms with Crippen LogP contribution in [0.2, 0.25) is 0 Å². The molecular weight excluding hydrogens is 685 g/mol. The van der Waals surface area contributed by atoms with Gasteiger partial charge in [-0.15, -0.1) is 0 Å². The highest BCUT2D eigenvalue weighted by Crippen LogP contribution is 2.52. The first-order chi connectivity index (χ1) is 26.6. The third-order valence-corrected chi connectivity index (χ3v) is 9.80. The molecule has 0 fully saturated rings. The van der Waals surface area contributed by atoms with Crippen molar-refractivity contribution in [2.75, 3.05) is 9.80 Å². The Hall–Kier alpha value is -7.68. The molecule has 8 nitrogen and oxygen atoms in total. The molecule has 0 heterocycles. The smallest absolute Gasteiger partial charge is 0.346 e. The molecule has 0 saturated carbocycles. The molecule has 266 valence electrons. The second-order valence-corrected chi connectivity index (χ2v) is 13.5. The highest BCUT2D eigenvalue weighted by atomic mass is 16.4. The molecule has 0 aromatic heterocycles. The van der Waals surface area contributed by atoms with Crippen molar-refractivity contribution in [3.63, 3.8) is 0 Å². The van der Waals surface area contributed by atoms with Gasteiger partial charge in [0.1, 0.15) is 11.6 Å². The number of anilines is 6. The van der Waals surface area contributed by atoms with Crippen molar-refractivity contribution in [1.82, 2.24) is 0 Å². The predicted molar refractivity (Wildman–Crippen MR) is 217 cm³/mol. The summed E-state index contributed by atoms with van der Waals surface area (Å²) in [5.41, 5.74) is 10.4. The van der Waals surface area contributed by atoms with Crippen LogP contribution in [0.25, 0.3) is 28.1 Å². The van der Waals surface area contributed by atoms with Crippen LogP contribution in [0.1, 0.15) is 36.1 Å². The molecule has 0 aliphatic heterocycles. The van der Waals surface area contributed by atoms with Crippen molar-refractivity contribution in [2.24, 2.45) is 0 Å². The maximum absolute atomic E-state index is 11.4. The molecule has 0 radical (unpaired) electrons. The molecule has 0 spiro atoms. The maximum atomic E-state index is 11.4. The lowest BCUT2D eigenvalue weighted by atomic mass is 9.82. The van der Waals surface area contributed by atoms with Gasteiger partial charge in [-0.1, -0.05) is 86.6 Å². The van der Waals surface area contributed by atoms with E-state index in [1.165, 1.54) is 23.3 Å². The van der Waals surface area contributed by atoms with Crippen LogP contribution in [-0.2, 0) is 15.0 Å². The number of aliphatic carboxylic acids is 2. The van der Waals surface area contributed by atoms with Gasteiger partial charge in [-0.05, 0) is 118 Å². The fourth-order valence-corrected chi connectivity index (χ4v) is 7.09. The molecule has 2 N–H and O–H groups in total. The minimum atomic E-state index is -1.27. The van der Waals surface area contributed by atoms with E-state index in [2.05, 4.69) is 64.9 Å². The van der Waals surface area contributed by atoms with Gasteiger partial charge in [0.15, 0.2) is 0 Å². The summed E-state index contributed by atoms with van der Waals surface area (Å²) in [6.07, 6.45) is 2.73. The number of hydrogen-bond donors (Lipinski definition) is 2. The quantitative estimate of drug-likeness (QED) is 0.0824. The zero-order chi connectivity index (χ0) is 38.7.